The highest BCUT2D eigenvalue weighted by Crippen LogP contribution is 2.30. The lowest BCUT2D eigenvalue weighted by Gasteiger charge is -2.13. The van der Waals surface area contributed by atoms with Crippen molar-refractivity contribution >= 4 is 5.78 Å². The fourth-order valence-electron chi connectivity index (χ4n) is 2.43. The number of hydrogen-bond acceptors (Lipinski definition) is 3. The Labute approximate surface area is 96.1 Å². The maximum atomic E-state index is 11.5. The van der Waals surface area contributed by atoms with Crippen molar-refractivity contribution in [1.29, 1.82) is 0 Å². The van der Waals surface area contributed by atoms with Crippen molar-refractivity contribution < 1.29 is 4.79 Å². The number of carbonyl (C=O) groups excluding carboxylic acids is 1. The van der Waals surface area contributed by atoms with Crippen LogP contribution in [0.4, 0.5) is 0 Å². The third kappa shape index (κ3) is 2.15. The molecular weight excluding hydrogens is 202 g/mol. The van der Waals surface area contributed by atoms with Gasteiger partial charge < -0.3 is 0 Å². The molecule has 0 aliphatic heterocycles. The van der Waals surface area contributed by atoms with Gasteiger partial charge in [0.15, 0.2) is 0 Å². The van der Waals surface area contributed by atoms with Crippen molar-refractivity contribution in [2.75, 3.05) is 0 Å². The summed E-state index contributed by atoms with van der Waals surface area (Å²) in [6, 6.07) is 0. The molecule has 0 aromatic carbocycles. The van der Waals surface area contributed by atoms with E-state index in [4.69, 9.17) is 0 Å². The summed E-state index contributed by atoms with van der Waals surface area (Å²) < 4.78 is 1.97. The van der Waals surface area contributed by atoms with Crippen LogP contribution >= 0.6 is 0 Å². The number of nitrogens with zero attached hydrogens (tertiary/aromatic N) is 3. The van der Waals surface area contributed by atoms with Gasteiger partial charge in [-0.05, 0) is 18.8 Å². The number of Topliss-reactive ketones (excluding diaryl/α,β-unsaturated/α-hetero) is 1. The average molecular weight is 221 g/mol. The van der Waals surface area contributed by atoms with Gasteiger partial charge in [0, 0.05) is 25.3 Å². The van der Waals surface area contributed by atoms with Crippen LogP contribution in [0.3, 0.4) is 0 Å². The van der Waals surface area contributed by atoms with E-state index in [-0.39, 0.29) is 5.92 Å². The Bertz CT molecular complexity index is 372. The van der Waals surface area contributed by atoms with E-state index in [2.05, 4.69) is 17.0 Å². The van der Waals surface area contributed by atoms with E-state index < -0.39 is 0 Å². The molecule has 2 atom stereocenters. The van der Waals surface area contributed by atoms with Gasteiger partial charge in [0.25, 0.3) is 0 Å². The summed E-state index contributed by atoms with van der Waals surface area (Å²) in [6.45, 7) is 5.10. The molecule has 1 heterocycles. The molecule has 0 bridgehead atoms. The van der Waals surface area contributed by atoms with Crippen molar-refractivity contribution in [2.45, 2.75) is 46.1 Å². The Kier molecular flexibility index (Phi) is 3.36. The molecule has 4 nitrogen and oxygen atoms in total. The van der Waals surface area contributed by atoms with E-state index in [1.165, 1.54) is 0 Å². The Morgan fingerprint density at radius 3 is 3.00 bits per heavy atom. The lowest BCUT2D eigenvalue weighted by Crippen LogP contribution is -2.16. The lowest BCUT2D eigenvalue weighted by molar-refractivity contribution is -0.120. The van der Waals surface area contributed by atoms with Crippen molar-refractivity contribution in [3.8, 4) is 0 Å². The number of carbonyl (C=O) groups is 1. The van der Waals surface area contributed by atoms with Crippen LogP contribution in [0.2, 0.25) is 0 Å². The summed E-state index contributed by atoms with van der Waals surface area (Å²) in [5, 5.41) is 4.21. The highest BCUT2D eigenvalue weighted by atomic mass is 16.1. The highest BCUT2D eigenvalue weighted by molar-refractivity contribution is 5.83. The number of aromatic nitrogens is 3. The first-order valence-corrected chi connectivity index (χ1v) is 6.11. The van der Waals surface area contributed by atoms with E-state index >= 15 is 0 Å². The molecule has 2 rings (SSSR count). The second-order valence-electron chi connectivity index (χ2n) is 4.66. The summed E-state index contributed by atoms with van der Waals surface area (Å²) in [6.07, 6.45) is 5.33. The number of ketones is 1. The molecule has 0 N–H and O–H groups in total. The summed E-state index contributed by atoms with van der Waals surface area (Å²) in [7, 11) is 0. The number of rotatable bonds is 4. The van der Waals surface area contributed by atoms with E-state index in [9.17, 15) is 4.79 Å². The van der Waals surface area contributed by atoms with Crippen LogP contribution in [0, 0.1) is 11.8 Å². The Morgan fingerprint density at radius 1 is 1.56 bits per heavy atom. The molecule has 2 unspecified atom stereocenters. The standard InChI is InChI=1S/C12H19N3O/c1-3-6-15-12(13-8-14-15)7-10-4-5-11(16)9(10)2/h8-10H,3-7H2,1-2H3. The molecule has 1 aromatic rings. The van der Waals surface area contributed by atoms with Crippen molar-refractivity contribution in [3.05, 3.63) is 12.2 Å². The normalized spacial score (nSPS) is 25.2. The van der Waals surface area contributed by atoms with Gasteiger partial charge in [0.1, 0.15) is 17.9 Å². The Morgan fingerprint density at radius 2 is 2.38 bits per heavy atom. The zero-order chi connectivity index (χ0) is 11.5. The van der Waals surface area contributed by atoms with Crippen LogP contribution in [0.15, 0.2) is 6.33 Å². The summed E-state index contributed by atoms with van der Waals surface area (Å²) >= 11 is 0. The zero-order valence-electron chi connectivity index (χ0n) is 10.0. The third-order valence-electron chi connectivity index (χ3n) is 3.55. The van der Waals surface area contributed by atoms with Crippen LogP contribution < -0.4 is 0 Å². The van der Waals surface area contributed by atoms with Gasteiger partial charge in [-0.3, -0.25) is 9.48 Å². The van der Waals surface area contributed by atoms with Crippen LogP contribution in [0.5, 0.6) is 0 Å². The molecule has 0 amide bonds. The Hall–Kier alpha value is -1.19. The number of hydrogen-bond donors (Lipinski definition) is 0. The Balaban J connectivity index is 2.03. The molecule has 16 heavy (non-hydrogen) atoms. The van der Waals surface area contributed by atoms with Gasteiger partial charge >= 0.3 is 0 Å². The minimum absolute atomic E-state index is 0.201. The minimum Gasteiger partial charge on any atom is -0.299 e. The van der Waals surface area contributed by atoms with Crippen LogP contribution in [0.25, 0.3) is 0 Å². The van der Waals surface area contributed by atoms with Crippen LogP contribution in [0.1, 0.15) is 38.9 Å². The van der Waals surface area contributed by atoms with Crippen molar-refractivity contribution in [1.82, 2.24) is 14.8 Å². The minimum atomic E-state index is 0.201. The molecule has 1 fully saturated rings. The average Bonchev–Trinajstić information content (AvgIpc) is 2.82. The van der Waals surface area contributed by atoms with Gasteiger partial charge in [-0.1, -0.05) is 13.8 Å². The quantitative estimate of drug-likeness (QED) is 0.779. The van der Waals surface area contributed by atoms with Crippen LogP contribution in [-0.4, -0.2) is 20.5 Å². The fraction of sp³-hybridized carbons (Fsp3) is 0.750. The largest absolute Gasteiger partial charge is 0.299 e. The lowest BCUT2D eigenvalue weighted by atomic mass is 9.94. The van der Waals surface area contributed by atoms with Gasteiger partial charge in [0.2, 0.25) is 0 Å². The molecule has 1 aliphatic rings. The van der Waals surface area contributed by atoms with E-state index in [1.54, 1.807) is 6.33 Å². The summed E-state index contributed by atoms with van der Waals surface area (Å²) in [5.41, 5.74) is 0. The molecule has 0 saturated heterocycles. The van der Waals surface area contributed by atoms with Gasteiger partial charge in [-0.25, -0.2) is 4.98 Å². The molecule has 88 valence electrons. The first kappa shape index (κ1) is 11.3. The molecule has 0 spiro atoms. The zero-order valence-corrected chi connectivity index (χ0v) is 10.0. The predicted octanol–water partition coefficient (Wildman–Crippen LogP) is 1.85. The van der Waals surface area contributed by atoms with Gasteiger partial charge in [0.05, 0.1) is 0 Å². The van der Waals surface area contributed by atoms with Crippen molar-refractivity contribution in [3.63, 3.8) is 0 Å². The maximum Gasteiger partial charge on any atom is 0.138 e. The maximum absolute atomic E-state index is 11.5. The molecule has 1 aliphatic carbocycles. The second kappa shape index (κ2) is 4.76. The van der Waals surface area contributed by atoms with Crippen LogP contribution in [-0.2, 0) is 17.8 Å². The number of aryl methyl sites for hydroxylation is 1. The molecule has 4 heteroatoms. The predicted molar refractivity (Wildman–Crippen MR) is 60.9 cm³/mol. The van der Waals surface area contributed by atoms with Gasteiger partial charge in [-0.2, -0.15) is 5.10 Å². The third-order valence-corrected chi connectivity index (χ3v) is 3.55. The summed E-state index contributed by atoms with van der Waals surface area (Å²) in [4.78, 5) is 15.8. The van der Waals surface area contributed by atoms with E-state index in [0.29, 0.717) is 11.7 Å². The molecule has 1 saturated carbocycles. The van der Waals surface area contributed by atoms with Gasteiger partial charge in [-0.15, -0.1) is 0 Å². The molecule has 0 radical (unpaired) electrons. The fourth-order valence-corrected chi connectivity index (χ4v) is 2.43. The van der Waals surface area contributed by atoms with E-state index in [1.807, 2.05) is 11.6 Å². The smallest absolute Gasteiger partial charge is 0.138 e. The SMILES string of the molecule is CCCn1ncnc1CC1CCC(=O)C1C. The first-order chi connectivity index (χ1) is 7.72. The molecular formula is C12H19N3O. The topological polar surface area (TPSA) is 47.8 Å². The highest BCUT2D eigenvalue weighted by Gasteiger charge is 2.31. The second-order valence-corrected chi connectivity index (χ2v) is 4.66. The first-order valence-electron chi connectivity index (χ1n) is 6.11. The monoisotopic (exact) mass is 221 g/mol. The summed E-state index contributed by atoms with van der Waals surface area (Å²) in [5.74, 6) is 2.11. The van der Waals surface area contributed by atoms with E-state index in [0.717, 1.165) is 38.1 Å². The van der Waals surface area contributed by atoms with Crippen molar-refractivity contribution in [2.24, 2.45) is 11.8 Å². The molecule has 1 aromatic heterocycles.